The minimum atomic E-state index is -0.0641. The predicted molar refractivity (Wildman–Crippen MR) is 26.1 cm³/mol. The monoisotopic (exact) mass is 122 g/mol. The zero-order valence-electron chi connectivity index (χ0n) is 4.54. The van der Waals surface area contributed by atoms with Gasteiger partial charge in [0.2, 0.25) is 0 Å². The third-order valence-corrected chi connectivity index (χ3v) is 0.433. The maximum atomic E-state index is 8.10. The van der Waals surface area contributed by atoms with E-state index in [-0.39, 0.29) is 26.4 Å². The Labute approximate surface area is 47.6 Å². The van der Waals surface area contributed by atoms with E-state index in [4.69, 9.17) is 10.2 Å². The summed E-state index contributed by atoms with van der Waals surface area (Å²) in [5, 5.41) is 16.2. The van der Waals surface area contributed by atoms with Gasteiger partial charge in [0.05, 0.1) is 13.2 Å². The summed E-state index contributed by atoms with van der Waals surface area (Å²) < 4.78 is 0. The van der Waals surface area contributed by atoms with E-state index in [0.29, 0.717) is 0 Å². The molecule has 2 N–H and O–H groups in total. The second-order valence-electron chi connectivity index (χ2n) is 1.09. The maximum Gasteiger partial charge on any atom is 0.105 e. The van der Waals surface area contributed by atoms with Crippen molar-refractivity contribution in [3.8, 4) is 0 Å². The Balaban J connectivity index is 2.53. The summed E-state index contributed by atoms with van der Waals surface area (Å²) in [6, 6.07) is 0. The Bertz CT molecular complexity index is 33.0. The van der Waals surface area contributed by atoms with Gasteiger partial charge in [0.25, 0.3) is 0 Å². The number of hydrogen-bond acceptors (Lipinski definition) is 4. The molecule has 0 bridgehead atoms. The van der Waals surface area contributed by atoms with Gasteiger partial charge < -0.3 is 10.2 Å². The molecule has 0 rings (SSSR count). The van der Waals surface area contributed by atoms with Crippen LogP contribution in [0.1, 0.15) is 0 Å². The third kappa shape index (κ3) is 5.84. The highest BCUT2D eigenvalue weighted by Gasteiger charge is 1.83. The molecule has 4 nitrogen and oxygen atoms in total. The van der Waals surface area contributed by atoms with Gasteiger partial charge >= 0.3 is 0 Å². The van der Waals surface area contributed by atoms with Crippen molar-refractivity contribution < 1.29 is 20.0 Å². The van der Waals surface area contributed by atoms with E-state index < -0.39 is 0 Å². The number of hydrogen-bond donors (Lipinski definition) is 2. The molecule has 0 radical (unpaired) electrons. The molecule has 0 heterocycles. The van der Waals surface area contributed by atoms with Crippen molar-refractivity contribution >= 4 is 0 Å². The quantitative estimate of drug-likeness (QED) is 0.276. The molecule has 8 heavy (non-hydrogen) atoms. The van der Waals surface area contributed by atoms with E-state index in [1.807, 2.05) is 0 Å². The largest absolute Gasteiger partial charge is 0.394 e. The number of aliphatic hydroxyl groups is 2. The predicted octanol–water partition coefficient (Wildman–Crippen LogP) is -1.08. The smallest absolute Gasteiger partial charge is 0.105 e. The Hall–Kier alpha value is -0.160. The molecule has 50 valence electrons. The SMILES string of the molecule is OCCOOCCO. The van der Waals surface area contributed by atoms with E-state index in [1.54, 1.807) is 0 Å². The molecule has 0 aromatic carbocycles. The van der Waals surface area contributed by atoms with Gasteiger partial charge in [-0.3, -0.25) is 0 Å². The second kappa shape index (κ2) is 6.84. The molecular formula is C4H10O4. The Morgan fingerprint density at radius 1 is 0.875 bits per heavy atom. The first-order chi connectivity index (χ1) is 3.91. The lowest BCUT2D eigenvalue weighted by Crippen LogP contribution is -2.03. The Morgan fingerprint density at radius 3 is 1.50 bits per heavy atom. The highest BCUT2D eigenvalue weighted by atomic mass is 17.2. The third-order valence-electron chi connectivity index (χ3n) is 0.433. The molecule has 0 unspecified atom stereocenters. The van der Waals surface area contributed by atoms with Crippen LogP contribution in [0.2, 0.25) is 0 Å². The van der Waals surface area contributed by atoms with Crippen LogP contribution in [0, 0.1) is 0 Å². The summed E-state index contributed by atoms with van der Waals surface area (Å²) in [5.74, 6) is 0. The Kier molecular flexibility index (Phi) is 6.70. The van der Waals surface area contributed by atoms with Gasteiger partial charge in [0.15, 0.2) is 0 Å². The van der Waals surface area contributed by atoms with E-state index in [1.165, 1.54) is 0 Å². The van der Waals surface area contributed by atoms with Crippen molar-refractivity contribution in [2.24, 2.45) is 0 Å². The van der Waals surface area contributed by atoms with Gasteiger partial charge in [-0.2, -0.15) is 0 Å². The van der Waals surface area contributed by atoms with E-state index in [0.717, 1.165) is 0 Å². The van der Waals surface area contributed by atoms with Crippen molar-refractivity contribution in [3.63, 3.8) is 0 Å². The first-order valence-electron chi connectivity index (χ1n) is 2.38. The molecule has 0 saturated heterocycles. The highest BCUT2D eigenvalue weighted by molar-refractivity contribution is 4.15. The minimum Gasteiger partial charge on any atom is -0.394 e. The van der Waals surface area contributed by atoms with Crippen LogP contribution < -0.4 is 0 Å². The Morgan fingerprint density at radius 2 is 1.25 bits per heavy atom. The standard InChI is InChI=1S/C4H10O4/c5-1-3-7-8-4-2-6/h5-6H,1-4H2. The van der Waals surface area contributed by atoms with Crippen molar-refractivity contribution in [2.45, 2.75) is 0 Å². The molecule has 0 aliphatic rings. The molecule has 0 aliphatic heterocycles. The second-order valence-corrected chi connectivity index (χ2v) is 1.09. The molecule has 0 amide bonds. The summed E-state index contributed by atoms with van der Waals surface area (Å²) in [7, 11) is 0. The van der Waals surface area contributed by atoms with Gasteiger partial charge in [-0.1, -0.05) is 0 Å². The van der Waals surface area contributed by atoms with Crippen LogP contribution in [0.25, 0.3) is 0 Å². The average Bonchev–Trinajstić information content (AvgIpc) is 1.81. The lowest BCUT2D eigenvalue weighted by molar-refractivity contribution is -0.300. The number of rotatable bonds is 5. The van der Waals surface area contributed by atoms with Crippen LogP contribution in [0.3, 0.4) is 0 Å². The molecular weight excluding hydrogens is 112 g/mol. The molecule has 4 heteroatoms. The topological polar surface area (TPSA) is 58.9 Å². The van der Waals surface area contributed by atoms with Gasteiger partial charge in [-0.25, -0.2) is 9.78 Å². The lowest BCUT2D eigenvalue weighted by Gasteiger charge is -1.97. The molecule has 0 aromatic heterocycles. The van der Waals surface area contributed by atoms with Crippen LogP contribution in [-0.2, 0) is 9.78 Å². The van der Waals surface area contributed by atoms with Gasteiger partial charge in [0.1, 0.15) is 13.2 Å². The fourth-order valence-corrected chi connectivity index (χ4v) is 0.192. The molecule has 0 atom stereocenters. The average molecular weight is 122 g/mol. The summed E-state index contributed by atoms with van der Waals surface area (Å²) in [6.45, 7) is 0.177. The zero-order chi connectivity index (χ0) is 6.24. The van der Waals surface area contributed by atoms with E-state index >= 15 is 0 Å². The first kappa shape index (κ1) is 7.84. The molecule has 0 fully saturated rings. The van der Waals surface area contributed by atoms with Crippen LogP contribution in [-0.4, -0.2) is 36.6 Å². The van der Waals surface area contributed by atoms with Crippen LogP contribution in [0.4, 0.5) is 0 Å². The fraction of sp³-hybridized carbons (Fsp3) is 1.00. The van der Waals surface area contributed by atoms with E-state index in [2.05, 4.69) is 9.78 Å². The van der Waals surface area contributed by atoms with Crippen LogP contribution in [0.15, 0.2) is 0 Å². The summed E-state index contributed by atoms with van der Waals surface area (Å²) in [5.41, 5.74) is 0. The van der Waals surface area contributed by atoms with Gasteiger partial charge in [-0.05, 0) is 0 Å². The molecule has 0 aliphatic carbocycles. The van der Waals surface area contributed by atoms with Gasteiger partial charge in [-0.15, -0.1) is 0 Å². The first-order valence-corrected chi connectivity index (χ1v) is 2.38. The summed E-state index contributed by atoms with van der Waals surface area (Å²) >= 11 is 0. The van der Waals surface area contributed by atoms with Crippen LogP contribution >= 0.6 is 0 Å². The van der Waals surface area contributed by atoms with Crippen molar-refractivity contribution in [1.29, 1.82) is 0 Å². The zero-order valence-corrected chi connectivity index (χ0v) is 4.54. The normalized spacial score (nSPS) is 9.75. The maximum absolute atomic E-state index is 8.10. The molecule has 0 saturated carbocycles. The summed E-state index contributed by atoms with van der Waals surface area (Å²) in [6.07, 6.45) is 0. The van der Waals surface area contributed by atoms with Gasteiger partial charge in [0, 0.05) is 0 Å². The van der Waals surface area contributed by atoms with E-state index in [9.17, 15) is 0 Å². The fourth-order valence-electron chi connectivity index (χ4n) is 0.192. The van der Waals surface area contributed by atoms with Crippen LogP contribution in [0.5, 0.6) is 0 Å². The molecule has 0 aromatic rings. The number of aliphatic hydroxyl groups excluding tert-OH is 2. The van der Waals surface area contributed by atoms with Crippen molar-refractivity contribution in [1.82, 2.24) is 0 Å². The minimum absolute atomic E-state index is 0.0641. The summed E-state index contributed by atoms with van der Waals surface area (Å²) in [4.78, 5) is 8.63. The van der Waals surface area contributed by atoms with Crippen molar-refractivity contribution in [2.75, 3.05) is 26.4 Å². The highest BCUT2D eigenvalue weighted by Crippen LogP contribution is 1.74. The lowest BCUT2D eigenvalue weighted by atomic mass is 10.8. The molecule has 0 spiro atoms. The van der Waals surface area contributed by atoms with Crippen molar-refractivity contribution in [3.05, 3.63) is 0 Å².